The number of nitrogens with zero attached hydrogens (tertiary/aromatic N) is 3. The van der Waals surface area contributed by atoms with Gasteiger partial charge in [-0.15, -0.1) is 0 Å². The minimum Gasteiger partial charge on any atom is -0.480 e. The van der Waals surface area contributed by atoms with E-state index in [-0.39, 0.29) is 6.03 Å². The number of likely N-dealkylation sites (tertiary alicyclic amines) is 1. The molecule has 1 fully saturated rings. The third-order valence-corrected chi connectivity index (χ3v) is 3.47. The first kappa shape index (κ1) is 15.8. The molecule has 0 aromatic carbocycles. The van der Waals surface area contributed by atoms with Crippen molar-refractivity contribution in [3.8, 4) is 0 Å². The van der Waals surface area contributed by atoms with Crippen molar-refractivity contribution in [3.63, 3.8) is 0 Å². The number of carboxylic acid groups (broad SMARTS) is 1. The lowest BCUT2D eigenvalue weighted by molar-refractivity contribution is -0.141. The zero-order valence-electron chi connectivity index (χ0n) is 12.1. The predicted molar refractivity (Wildman–Crippen MR) is 73.2 cm³/mol. The van der Waals surface area contributed by atoms with Gasteiger partial charge in [-0.3, -0.25) is 0 Å². The maximum Gasteiger partial charge on any atom is 0.326 e. The standard InChI is InChI=1S/C13H25N3O3/c1-4-15(9-6-8-14(2)3)13(19)16-10-5-7-11(16)12(17)18/h11H,4-10H2,1-3H3,(H,17,18). The zero-order valence-corrected chi connectivity index (χ0v) is 12.1. The summed E-state index contributed by atoms with van der Waals surface area (Å²) in [5.41, 5.74) is 0. The van der Waals surface area contributed by atoms with Gasteiger partial charge >= 0.3 is 12.0 Å². The average Bonchev–Trinajstić information content (AvgIpc) is 2.82. The zero-order chi connectivity index (χ0) is 14.4. The van der Waals surface area contributed by atoms with Gasteiger partial charge in [0.2, 0.25) is 0 Å². The number of carbonyl (C=O) groups excluding carboxylic acids is 1. The van der Waals surface area contributed by atoms with Crippen molar-refractivity contribution in [1.29, 1.82) is 0 Å². The molecule has 0 saturated carbocycles. The molecular weight excluding hydrogens is 246 g/mol. The smallest absolute Gasteiger partial charge is 0.326 e. The van der Waals surface area contributed by atoms with Crippen LogP contribution in [0.2, 0.25) is 0 Å². The van der Waals surface area contributed by atoms with Crippen LogP contribution in [0, 0.1) is 0 Å². The molecule has 1 atom stereocenters. The third-order valence-electron chi connectivity index (χ3n) is 3.47. The van der Waals surface area contributed by atoms with Gasteiger partial charge in [0, 0.05) is 19.6 Å². The number of amides is 2. The summed E-state index contributed by atoms with van der Waals surface area (Å²) in [6.07, 6.45) is 2.24. The number of carbonyl (C=O) groups is 2. The van der Waals surface area contributed by atoms with Crippen molar-refractivity contribution < 1.29 is 14.7 Å². The normalized spacial score (nSPS) is 18.9. The van der Waals surface area contributed by atoms with E-state index in [4.69, 9.17) is 5.11 Å². The second-order valence-corrected chi connectivity index (χ2v) is 5.21. The lowest BCUT2D eigenvalue weighted by Crippen LogP contribution is -2.48. The lowest BCUT2D eigenvalue weighted by atomic mass is 10.2. The van der Waals surface area contributed by atoms with Crippen molar-refractivity contribution in [1.82, 2.24) is 14.7 Å². The molecule has 0 radical (unpaired) electrons. The first-order valence-corrected chi connectivity index (χ1v) is 6.90. The van der Waals surface area contributed by atoms with Crippen LogP contribution < -0.4 is 0 Å². The van der Waals surface area contributed by atoms with E-state index in [1.165, 1.54) is 4.90 Å². The largest absolute Gasteiger partial charge is 0.480 e. The maximum atomic E-state index is 12.3. The van der Waals surface area contributed by atoms with Crippen LogP contribution in [0.1, 0.15) is 26.2 Å². The van der Waals surface area contributed by atoms with Gasteiger partial charge in [-0.2, -0.15) is 0 Å². The fourth-order valence-electron chi connectivity index (χ4n) is 2.40. The SMILES string of the molecule is CCN(CCCN(C)C)C(=O)N1CCCC1C(=O)O. The first-order valence-electron chi connectivity index (χ1n) is 6.90. The molecule has 6 nitrogen and oxygen atoms in total. The van der Waals surface area contributed by atoms with Crippen LogP contribution in [0.25, 0.3) is 0 Å². The Morgan fingerprint density at radius 3 is 2.53 bits per heavy atom. The maximum absolute atomic E-state index is 12.3. The van der Waals surface area contributed by atoms with Gasteiger partial charge in [0.1, 0.15) is 6.04 Å². The number of carboxylic acids is 1. The van der Waals surface area contributed by atoms with Crippen molar-refractivity contribution in [2.45, 2.75) is 32.2 Å². The molecule has 0 aromatic heterocycles. The van der Waals surface area contributed by atoms with Crippen LogP contribution >= 0.6 is 0 Å². The molecule has 6 heteroatoms. The minimum atomic E-state index is -0.893. The Labute approximate surface area is 115 Å². The van der Waals surface area contributed by atoms with Crippen molar-refractivity contribution in [2.75, 3.05) is 40.3 Å². The Bertz CT molecular complexity index is 320. The Kier molecular flexibility index (Phi) is 6.08. The Morgan fingerprint density at radius 2 is 2.00 bits per heavy atom. The quantitative estimate of drug-likeness (QED) is 0.780. The summed E-state index contributed by atoms with van der Waals surface area (Å²) >= 11 is 0. The van der Waals surface area contributed by atoms with E-state index in [1.54, 1.807) is 4.90 Å². The average molecular weight is 271 g/mol. The lowest BCUT2D eigenvalue weighted by Gasteiger charge is -2.29. The highest BCUT2D eigenvalue weighted by Gasteiger charge is 2.35. The van der Waals surface area contributed by atoms with E-state index in [0.717, 1.165) is 19.4 Å². The third kappa shape index (κ3) is 4.38. The molecule has 1 aliphatic heterocycles. The summed E-state index contributed by atoms with van der Waals surface area (Å²) in [7, 11) is 4.00. The molecule has 0 bridgehead atoms. The molecule has 1 aliphatic rings. The molecule has 1 heterocycles. The van der Waals surface area contributed by atoms with Crippen LogP contribution in [0.3, 0.4) is 0 Å². The Morgan fingerprint density at radius 1 is 1.32 bits per heavy atom. The van der Waals surface area contributed by atoms with Crippen LogP contribution in [0.4, 0.5) is 4.79 Å². The van der Waals surface area contributed by atoms with Crippen LogP contribution in [-0.4, -0.2) is 78.1 Å². The Balaban J connectivity index is 2.55. The molecular formula is C13H25N3O3. The molecule has 1 N–H and O–H groups in total. The van der Waals surface area contributed by atoms with E-state index in [0.29, 0.717) is 26.1 Å². The molecule has 0 aromatic rings. The van der Waals surface area contributed by atoms with Gasteiger partial charge in [-0.25, -0.2) is 9.59 Å². The van der Waals surface area contributed by atoms with Crippen molar-refractivity contribution in [2.24, 2.45) is 0 Å². The van der Waals surface area contributed by atoms with Gasteiger partial charge in [-0.1, -0.05) is 0 Å². The monoisotopic (exact) mass is 271 g/mol. The van der Waals surface area contributed by atoms with Crippen molar-refractivity contribution >= 4 is 12.0 Å². The molecule has 1 rings (SSSR count). The second kappa shape index (κ2) is 7.33. The van der Waals surface area contributed by atoms with Crippen LogP contribution in [-0.2, 0) is 4.79 Å². The van der Waals surface area contributed by atoms with E-state index in [1.807, 2.05) is 21.0 Å². The van der Waals surface area contributed by atoms with E-state index < -0.39 is 12.0 Å². The van der Waals surface area contributed by atoms with Gasteiger partial charge in [0.25, 0.3) is 0 Å². The topological polar surface area (TPSA) is 64.1 Å². The molecule has 0 aliphatic carbocycles. The molecule has 110 valence electrons. The summed E-state index contributed by atoms with van der Waals surface area (Å²) in [6.45, 7) is 4.71. The Hall–Kier alpha value is -1.30. The molecule has 19 heavy (non-hydrogen) atoms. The van der Waals surface area contributed by atoms with Crippen molar-refractivity contribution in [3.05, 3.63) is 0 Å². The molecule has 1 saturated heterocycles. The summed E-state index contributed by atoms with van der Waals surface area (Å²) in [5, 5.41) is 9.12. The first-order chi connectivity index (χ1) is 8.97. The van der Waals surface area contributed by atoms with E-state index in [9.17, 15) is 9.59 Å². The van der Waals surface area contributed by atoms with Gasteiger partial charge < -0.3 is 19.8 Å². The van der Waals surface area contributed by atoms with Crippen LogP contribution in [0.5, 0.6) is 0 Å². The predicted octanol–water partition coefficient (Wildman–Crippen LogP) is 0.929. The molecule has 0 spiro atoms. The van der Waals surface area contributed by atoms with Crippen LogP contribution in [0.15, 0.2) is 0 Å². The second-order valence-electron chi connectivity index (χ2n) is 5.21. The summed E-state index contributed by atoms with van der Waals surface area (Å²) in [5.74, 6) is -0.893. The fourth-order valence-corrected chi connectivity index (χ4v) is 2.40. The summed E-state index contributed by atoms with van der Waals surface area (Å²) < 4.78 is 0. The van der Waals surface area contributed by atoms with Gasteiger partial charge in [0.05, 0.1) is 0 Å². The highest BCUT2D eigenvalue weighted by Crippen LogP contribution is 2.19. The highest BCUT2D eigenvalue weighted by molar-refractivity contribution is 5.83. The number of aliphatic carboxylic acids is 1. The summed E-state index contributed by atoms with van der Waals surface area (Å²) in [4.78, 5) is 28.8. The van der Waals surface area contributed by atoms with E-state index >= 15 is 0 Å². The number of hydrogen-bond donors (Lipinski definition) is 1. The number of urea groups is 1. The van der Waals surface area contributed by atoms with E-state index in [2.05, 4.69) is 4.90 Å². The summed E-state index contributed by atoms with van der Waals surface area (Å²) in [6, 6.07) is -0.776. The molecule has 2 amide bonds. The number of rotatable bonds is 6. The highest BCUT2D eigenvalue weighted by atomic mass is 16.4. The van der Waals surface area contributed by atoms with Gasteiger partial charge in [0.15, 0.2) is 0 Å². The van der Waals surface area contributed by atoms with Gasteiger partial charge in [-0.05, 0) is 46.8 Å². The number of hydrogen-bond acceptors (Lipinski definition) is 3. The molecule has 1 unspecified atom stereocenters. The fraction of sp³-hybridized carbons (Fsp3) is 0.846. The minimum absolute atomic E-state index is 0.133.